The molecule has 0 radical (unpaired) electrons. The first-order valence-electron chi connectivity index (χ1n) is 7.73. The molecule has 19 heavy (non-hydrogen) atoms. The molecule has 0 aliphatic heterocycles. The molecule has 0 amide bonds. The maximum atomic E-state index is 4.25. The molecule has 0 spiro atoms. The first kappa shape index (κ1) is 14.4. The van der Waals surface area contributed by atoms with Gasteiger partial charge in [0.25, 0.3) is 0 Å². The van der Waals surface area contributed by atoms with E-state index in [0.717, 1.165) is 24.7 Å². The minimum atomic E-state index is 0.232. The molecule has 0 aromatic carbocycles. The molecule has 1 aliphatic carbocycles. The fourth-order valence-electron chi connectivity index (χ4n) is 2.91. The molecule has 1 heterocycles. The van der Waals surface area contributed by atoms with Crippen molar-refractivity contribution < 1.29 is 0 Å². The lowest BCUT2D eigenvalue weighted by molar-refractivity contribution is 0.364. The van der Waals surface area contributed by atoms with Gasteiger partial charge in [0.2, 0.25) is 0 Å². The molecule has 1 fully saturated rings. The minimum absolute atomic E-state index is 0.232. The number of nitrogens with one attached hydrogen (secondary N) is 1. The number of aromatic nitrogens is 4. The number of tetrazole rings is 1. The molecule has 1 aromatic heterocycles. The Bertz CT molecular complexity index is 376. The minimum Gasteiger partial charge on any atom is -0.307 e. The summed E-state index contributed by atoms with van der Waals surface area (Å²) in [4.78, 5) is 0. The largest absolute Gasteiger partial charge is 0.307 e. The van der Waals surface area contributed by atoms with Gasteiger partial charge in [0, 0.05) is 0 Å². The van der Waals surface area contributed by atoms with E-state index in [1.54, 1.807) is 0 Å². The zero-order valence-electron chi connectivity index (χ0n) is 12.5. The van der Waals surface area contributed by atoms with Crippen molar-refractivity contribution in [2.24, 2.45) is 5.92 Å². The summed E-state index contributed by atoms with van der Waals surface area (Å²) in [7, 11) is 0. The topological polar surface area (TPSA) is 55.6 Å². The van der Waals surface area contributed by atoms with Crippen LogP contribution in [0.5, 0.6) is 0 Å². The molecule has 1 aromatic rings. The Morgan fingerprint density at radius 2 is 2.16 bits per heavy atom. The Morgan fingerprint density at radius 3 is 2.95 bits per heavy atom. The van der Waals surface area contributed by atoms with Gasteiger partial charge in [-0.15, -0.1) is 5.10 Å². The molecule has 2 rings (SSSR count). The monoisotopic (exact) mass is 265 g/mol. The second-order valence-corrected chi connectivity index (χ2v) is 5.92. The van der Waals surface area contributed by atoms with Gasteiger partial charge in [-0.1, -0.05) is 26.7 Å². The average molecular weight is 265 g/mol. The highest BCUT2D eigenvalue weighted by Crippen LogP contribution is 2.30. The van der Waals surface area contributed by atoms with Crippen molar-refractivity contribution in [1.29, 1.82) is 0 Å². The Kier molecular flexibility index (Phi) is 5.31. The van der Waals surface area contributed by atoms with Crippen molar-refractivity contribution in [3.8, 4) is 0 Å². The molecule has 3 atom stereocenters. The van der Waals surface area contributed by atoms with Crippen LogP contribution in [0.2, 0.25) is 0 Å². The summed E-state index contributed by atoms with van der Waals surface area (Å²) < 4.78 is 2.07. The third-order valence-electron chi connectivity index (χ3n) is 4.18. The second-order valence-electron chi connectivity index (χ2n) is 5.92. The van der Waals surface area contributed by atoms with Gasteiger partial charge >= 0.3 is 0 Å². The van der Waals surface area contributed by atoms with Crippen LogP contribution in [-0.2, 0) is 0 Å². The highest BCUT2D eigenvalue weighted by molar-refractivity contribution is 4.92. The lowest BCUT2D eigenvalue weighted by Gasteiger charge is -2.19. The van der Waals surface area contributed by atoms with E-state index < -0.39 is 0 Å². The maximum Gasteiger partial charge on any atom is 0.168 e. The lowest BCUT2D eigenvalue weighted by atomic mass is 10.0. The first-order valence-corrected chi connectivity index (χ1v) is 7.73. The summed E-state index contributed by atoms with van der Waals surface area (Å²) in [5, 5.41) is 15.9. The van der Waals surface area contributed by atoms with Gasteiger partial charge in [0.05, 0.1) is 12.1 Å². The van der Waals surface area contributed by atoms with Gasteiger partial charge in [0.1, 0.15) is 0 Å². The molecule has 0 bridgehead atoms. The normalized spacial score (nSPS) is 26.1. The van der Waals surface area contributed by atoms with E-state index in [-0.39, 0.29) is 6.04 Å². The summed E-state index contributed by atoms with van der Waals surface area (Å²) in [6.45, 7) is 7.69. The Labute approximate surface area is 116 Å². The highest BCUT2D eigenvalue weighted by atomic mass is 15.6. The smallest absolute Gasteiger partial charge is 0.168 e. The third kappa shape index (κ3) is 3.75. The molecule has 3 unspecified atom stereocenters. The predicted molar refractivity (Wildman–Crippen MR) is 75.8 cm³/mol. The fourth-order valence-corrected chi connectivity index (χ4v) is 2.91. The summed E-state index contributed by atoms with van der Waals surface area (Å²) in [5.41, 5.74) is 0. The quantitative estimate of drug-likeness (QED) is 0.832. The van der Waals surface area contributed by atoms with Gasteiger partial charge in [-0.2, -0.15) is 0 Å². The van der Waals surface area contributed by atoms with Crippen LogP contribution in [0.25, 0.3) is 0 Å². The van der Waals surface area contributed by atoms with Crippen LogP contribution in [0.1, 0.15) is 77.2 Å². The number of nitrogens with zero attached hydrogens (tertiary/aromatic N) is 4. The SMILES string of the molecule is CCCNC(C)c1nnnn1C1CCCC(C)CC1. The Morgan fingerprint density at radius 1 is 1.32 bits per heavy atom. The van der Waals surface area contributed by atoms with E-state index in [0.29, 0.717) is 6.04 Å². The van der Waals surface area contributed by atoms with E-state index in [2.05, 4.69) is 46.3 Å². The predicted octanol–water partition coefficient (Wildman–Crippen LogP) is 2.88. The van der Waals surface area contributed by atoms with E-state index in [9.17, 15) is 0 Å². The van der Waals surface area contributed by atoms with Crippen molar-refractivity contribution in [3.63, 3.8) is 0 Å². The second kappa shape index (κ2) is 6.98. The van der Waals surface area contributed by atoms with Crippen molar-refractivity contribution in [1.82, 2.24) is 25.5 Å². The summed E-state index contributed by atoms with van der Waals surface area (Å²) >= 11 is 0. The molecule has 108 valence electrons. The van der Waals surface area contributed by atoms with Crippen molar-refractivity contribution >= 4 is 0 Å². The summed E-state index contributed by atoms with van der Waals surface area (Å²) in [6.07, 6.45) is 7.48. The van der Waals surface area contributed by atoms with Gasteiger partial charge in [0.15, 0.2) is 5.82 Å². The van der Waals surface area contributed by atoms with Crippen LogP contribution in [-0.4, -0.2) is 26.8 Å². The maximum absolute atomic E-state index is 4.25. The van der Waals surface area contributed by atoms with Gasteiger partial charge in [-0.05, 0) is 55.5 Å². The molecule has 1 aliphatic rings. The van der Waals surface area contributed by atoms with Crippen molar-refractivity contribution in [2.75, 3.05) is 6.54 Å². The van der Waals surface area contributed by atoms with Gasteiger partial charge < -0.3 is 5.32 Å². The first-order chi connectivity index (χ1) is 9.22. The molecule has 5 heteroatoms. The number of hydrogen-bond donors (Lipinski definition) is 1. The van der Waals surface area contributed by atoms with E-state index in [4.69, 9.17) is 0 Å². The average Bonchev–Trinajstić information content (AvgIpc) is 2.79. The molecule has 1 saturated carbocycles. The fraction of sp³-hybridized carbons (Fsp3) is 0.929. The van der Waals surface area contributed by atoms with Crippen LogP contribution >= 0.6 is 0 Å². The summed E-state index contributed by atoms with van der Waals surface area (Å²) in [5.74, 6) is 1.84. The molecular weight excluding hydrogens is 238 g/mol. The highest BCUT2D eigenvalue weighted by Gasteiger charge is 2.23. The van der Waals surface area contributed by atoms with Crippen LogP contribution in [0.3, 0.4) is 0 Å². The standard InChI is InChI=1S/C14H27N5/c1-4-10-15-12(3)14-16-17-18-19(14)13-7-5-6-11(2)8-9-13/h11-13,15H,4-10H2,1-3H3. The zero-order valence-corrected chi connectivity index (χ0v) is 12.5. The number of hydrogen-bond acceptors (Lipinski definition) is 4. The van der Waals surface area contributed by atoms with E-state index in [1.165, 1.54) is 32.1 Å². The van der Waals surface area contributed by atoms with Crippen molar-refractivity contribution in [3.05, 3.63) is 5.82 Å². The van der Waals surface area contributed by atoms with E-state index in [1.807, 2.05) is 0 Å². The van der Waals surface area contributed by atoms with Crippen LogP contribution in [0.4, 0.5) is 0 Å². The zero-order chi connectivity index (χ0) is 13.7. The molecular formula is C14H27N5. The van der Waals surface area contributed by atoms with Crippen LogP contribution < -0.4 is 5.32 Å². The Balaban J connectivity index is 2.05. The Hall–Kier alpha value is -0.970. The van der Waals surface area contributed by atoms with Gasteiger partial charge in [-0.25, -0.2) is 4.68 Å². The van der Waals surface area contributed by atoms with Crippen LogP contribution in [0.15, 0.2) is 0 Å². The van der Waals surface area contributed by atoms with Crippen LogP contribution in [0, 0.1) is 5.92 Å². The van der Waals surface area contributed by atoms with E-state index >= 15 is 0 Å². The third-order valence-corrected chi connectivity index (χ3v) is 4.18. The van der Waals surface area contributed by atoms with Gasteiger partial charge in [-0.3, -0.25) is 0 Å². The lowest BCUT2D eigenvalue weighted by Crippen LogP contribution is -2.25. The van der Waals surface area contributed by atoms with Crippen molar-refractivity contribution in [2.45, 2.75) is 71.4 Å². The molecule has 0 saturated heterocycles. The molecule has 5 nitrogen and oxygen atoms in total. The summed E-state index contributed by atoms with van der Waals surface area (Å²) in [6, 6.07) is 0.719. The molecule has 1 N–H and O–H groups in total. The number of rotatable bonds is 5.